The topological polar surface area (TPSA) is 35.5 Å². The zero-order chi connectivity index (χ0) is 17.5. The predicted molar refractivity (Wildman–Crippen MR) is 96.8 cm³/mol. The normalized spacial score (nSPS) is 10.7. The van der Waals surface area contributed by atoms with E-state index in [2.05, 4.69) is 27.7 Å². The van der Waals surface area contributed by atoms with Crippen LogP contribution in [-0.2, 0) is 11.2 Å². The third kappa shape index (κ3) is 5.12. The van der Waals surface area contributed by atoms with Crippen molar-refractivity contribution in [3.05, 3.63) is 59.2 Å². The zero-order valence-corrected chi connectivity index (χ0v) is 15.0. The second-order valence-electron chi connectivity index (χ2n) is 6.33. The van der Waals surface area contributed by atoms with Crippen molar-refractivity contribution in [1.29, 1.82) is 0 Å². The number of benzene rings is 2. The average Bonchev–Trinajstić information content (AvgIpc) is 2.55. The van der Waals surface area contributed by atoms with Gasteiger partial charge in [-0.25, -0.2) is 4.79 Å². The second kappa shape index (κ2) is 8.53. The lowest BCUT2D eigenvalue weighted by molar-refractivity contribution is -0.136. The highest BCUT2D eigenvalue weighted by molar-refractivity contribution is 5.74. The number of esters is 1. The van der Waals surface area contributed by atoms with Crippen LogP contribution in [0.2, 0.25) is 0 Å². The summed E-state index contributed by atoms with van der Waals surface area (Å²) in [4.78, 5) is 11.9. The van der Waals surface area contributed by atoms with E-state index in [4.69, 9.17) is 9.47 Å². The van der Waals surface area contributed by atoms with Crippen molar-refractivity contribution in [3.63, 3.8) is 0 Å². The molecule has 0 saturated heterocycles. The Morgan fingerprint density at radius 3 is 2.29 bits per heavy atom. The minimum absolute atomic E-state index is 0.100. The summed E-state index contributed by atoms with van der Waals surface area (Å²) in [5, 5.41) is 0. The van der Waals surface area contributed by atoms with Crippen molar-refractivity contribution in [1.82, 2.24) is 0 Å². The third-order valence-corrected chi connectivity index (χ3v) is 3.91. The molecule has 0 heterocycles. The molecular weight excluding hydrogens is 300 g/mol. The van der Waals surface area contributed by atoms with Crippen LogP contribution in [0.15, 0.2) is 42.5 Å². The van der Waals surface area contributed by atoms with Crippen LogP contribution < -0.4 is 9.47 Å². The lowest BCUT2D eigenvalue weighted by atomic mass is 9.98. The Morgan fingerprint density at radius 2 is 1.71 bits per heavy atom. The van der Waals surface area contributed by atoms with Crippen molar-refractivity contribution in [2.75, 3.05) is 6.61 Å². The summed E-state index contributed by atoms with van der Waals surface area (Å²) in [5.74, 6) is 1.31. The van der Waals surface area contributed by atoms with E-state index in [9.17, 15) is 4.79 Å². The average molecular weight is 326 g/mol. The van der Waals surface area contributed by atoms with E-state index in [1.807, 2.05) is 42.5 Å². The van der Waals surface area contributed by atoms with Gasteiger partial charge in [0.25, 0.3) is 0 Å². The van der Waals surface area contributed by atoms with Gasteiger partial charge in [-0.15, -0.1) is 0 Å². The highest BCUT2D eigenvalue weighted by Crippen LogP contribution is 2.23. The van der Waals surface area contributed by atoms with Gasteiger partial charge in [-0.3, -0.25) is 0 Å². The van der Waals surface area contributed by atoms with Crippen molar-refractivity contribution in [3.8, 4) is 11.5 Å². The summed E-state index contributed by atoms with van der Waals surface area (Å²) in [5.41, 5.74) is 3.70. The molecule has 2 aromatic carbocycles. The van der Waals surface area contributed by atoms with E-state index < -0.39 is 5.97 Å². The fraction of sp³-hybridized carbons (Fsp3) is 0.381. The molecule has 0 bridgehead atoms. The van der Waals surface area contributed by atoms with E-state index in [1.54, 1.807) is 0 Å². The molecule has 0 atom stereocenters. The summed E-state index contributed by atoms with van der Waals surface area (Å²) in [6, 6.07) is 13.5. The summed E-state index contributed by atoms with van der Waals surface area (Å²) in [6.45, 7) is 8.41. The first kappa shape index (κ1) is 18.1. The van der Waals surface area contributed by atoms with Gasteiger partial charge in [-0.2, -0.15) is 0 Å². The molecule has 3 heteroatoms. The molecule has 0 unspecified atom stereocenters. The smallest absolute Gasteiger partial charge is 0.349 e. The number of aryl methyl sites for hydroxylation is 2. The Labute approximate surface area is 144 Å². The highest BCUT2D eigenvalue weighted by atomic mass is 16.6. The summed E-state index contributed by atoms with van der Waals surface area (Å²) in [6.07, 6.45) is 2.13. The van der Waals surface area contributed by atoms with Crippen molar-refractivity contribution < 1.29 is 14.3 Å². The Morgan fingerprint density at radius 1 is 1.04 bits per heavy atom. The minimum atomic E-state index is -0.399. The van der Waals surface area contributed by atoms with Crippen LogP contribution in [0.3, 0.4) is 0 Å². The number of carbonyl (C=O) groups is 1. The predicted octanol–water partition coefficient (Wildman–Crippen LogP) is 5.06. The molecule has 0 aliphatic carbocycles. The molecule has 0 fully saturated rings. The molecule has 0 aliphatic heterocycles. The van der Waals surface area contributed by atoms with E-state index in [0.29, 0.717) is 17.4 Å². The first-order chi connectivity index (χ1) is 11.5. The maximum absolute atomic E-state index is 11.9. The zero-order valence-electron chi connectivity index (χ0n) is 15.0. The molecule has 0 aromatic heterocycles. The number of hydrogen-bond acceptors (Lipinski definition) is 3. The van der Waals surface area contributed by atoms with E-state index in [0.717, 1.165) is 12.8 Å². The molecule has 3 nitrogen and oxygen atoms in total. The molecule has 0 aliphatic rings. The molecule has 2 aromatic rings. The van der Waals surface area contributed by atoms with Gasteiger partial charge >= 0.3 is 5.97 Å². The Bertz CT molecular complexity index is 672. The standard InChI is InChI=1S/C21H26O3/c1-5-6-17-7-9-18(10-8-17)24-21(22)14-23-19-11-12-20(15(2)3)16(4)13-19/h7-13,15H,5-6,14H2,1-4H3. The first-order valence-corrected chi connectivity index (χ1v) is 8.52. The fourth-order valence-electron chi connectivity index (χ4n) is 2.70. The summed E-state index contributed by atoms with van der Waals surface area (Å²) >= 11 is 0. The van der Waals surface area contributed by atoms with Crippen molar-refractivity contribution in [2.24, 2.45) is 0 Å². The van der Waals surface area contributed by atoms with Crippen molar-refractivity contribution in [2.45, 2.75) is 46.5 Å². The van der Waals surface area contributed by atoms with Crippen LogP contribution in [0.25, 0.3) is 0 Å². The van der Waals surface area contributed by atoms with Crippen LogP contribution in [0.5, 0.6) is 11.5 Å². The fourth-order valence-corrected chi connectivity index (χ4v) is 2.70. The molecule has 0 amide bonds. The monoisotopic (exact) mass is 326 g/mol. The largest absolute Gasteiger partial charge is 0.482 e. The van der Waals surface area contributed by atoms with Gasteiger partial charge in [0.05, 0.1) is 0 Å². The maximum Gasteiger partial charge on any atom is 0.349 e. The lowest BCUT2D eigenvalue weighted by Crippen LogP contribution is -2.17. The molecule has 0 spiro atoms. The summed E-state index contributed by atoms with van der Waals surface area (Å²) in [7, 11) is 0. The third-order valence-electron chi connectivity index (χ3n) is 3.91. The Kier molecular flexibility index (Phi) is 6.42. The van der Waals surface area contributed by atoms with Crippen molar-refractivity contribution >= 4 is 5.97 Å². The van der Waals surface area contributed by atoms with Gasteiger partial charge in [0.2, 0.25) is 0 Å². The first-order valence-electron chi connectivity index (χ1n) is 8.52. The maximum atomic E-state index is 11.9. The van der Waals surface area contributed by atoms with Gasteiger partial charge in [-0.1, -0.05) is 45.4 Å². The van der Waals surface area contributed by atoms with Crippen LogP contribution in [0, 0.1) is 6.92 Å². The molecule has 128 valence electrons. The lowest BCUT2D eigenvalue weighted by Gasteiger charge is -2.12. The van der Waals surface area contributed by atoms with Gasteiger partial charge < -0.3 is 9.47 Å². The number of carbonyl (C=O) groups excluding carboxylic acids is 1. The minimum Gasteiger partial charge on any atom is -0.482 e. The molecule has 2 rings (SSSR count). The highest BCUT2D eigenvalue weighted by Gasteiger charge is 2.08. The molecule has 24 heavy (non-hydrogen) atoms. The van der Waals surface area contributed by atoms with Crippen LogP contribution >= 0.6 is 0 Å². The van der Waals surface area contributed by atoms with Crippen LogP contribution in [0.4, 0.5) is 0 Å². The van der Waals surface area contributed by atoms with Gasteiger partial charge in [0, 0.05) is 0 Å². The van der Waals surface area contributed by atoms with Gasteiger partial charge in [0.1, 0.15) is 11.5 Å². The van der Waals surface area contributed by atoms with E-state index >= 15 is 0 Å². The molecule has 0 radical (unpaired) electrons. The molecule has 0 saturated carbocycles. The number of ether oxygens (including phenoxy) is 2. The SMILES string of the molecule is CCCc1ccc(OC(=O)COc2ccc(C(C)C)c(C)c2)cc1. The molecule has 0 N–H and O–H groups in total. The van der Waals surface area contributed by atoms with Crippen LogP contribution in [0.1, 0.15) is 49.8 Å². The second-order valence-corrected chi connectivity index (χ2v) is 6.33. The quantitative estimate of drug-likeness (QED) is 0.527. The van der Waals surface area contributed by atoms with E-state index in [-0.39, 0.29) is 6.61 Å². The van der Waals surface area contributed by atoms with E-state index in [1.165, 1.54) is 16.7 Å². The Balaban J connectivity index is 1.87. The summed E-state index contributed by atoms with van der Waals surface area (Å²) < 4.78 is 10.8. The number of hydrogen-bond donors (Lipinski definition) is 0. The van der Waals surface area contributed by atoms with Gasteiger partial charge in [0.15, 0.2) is 6.61 Å². The Hall–Kier alpha value is -2.29. The van der Waals surface area contributed by atoms with Crippen LogP contribution in [-0.4, -0.2) is 12.6 Å². The number of rotatable bonds is 7. The van der Waals surface area contributed by atoms with Gasteiger partial charge in [-0.05, 0) is 60.2 Å². The molecular formula is C21H26O3.